The summed E-state index contributed by atoms with van der Waals surface area (Å²) in [6.45, 7) is 4.50. The molecule has 1 heterocycles. The Kier molecular flexibility index (Phi) is 3.87. The van der Waals surface area contributed by atoms with E-state index in [9.17, 15) is 0 Å². The first kappa shape index (κ1) is 11.9. The number of hydrogen-bond acceptors (Lipinski definition) is 2. The Morgan fingerprint density at radius 3 is 2.94 bits per heavy atom. The minimum Gasteiger partial charge on any atom is -0.496 e. The van der Waals surface area contributed by atoms with Crippen LogP contribution >= 0.6 is 15.9 Å². The lowest BCUT2D eigenvalue weighted by Crippen LogP contribution is -2.33. The van der Waals surface area contributed by atoms with Crippen LogP contribution in [-0.2, 0) is 0 Å². The summed E-state index contributed by atoms with van der Waals surface area (Å²) in [6, 6.07) is 6.29. The molecule has 0 amide bonds. The van der Waals surface area contributed by atoms with Gasteiger partial charge in [0.1, 0.15) is 5.75 Å². The number of hydrogen-bond donors (Lipinski definition) is 1. The third kappa shape index (κ3) is 2.41. The van der Waals surface area contributed by atoms with Gasteiger partial charge in [0, 0.05) is 4.47 Å². The average Bonchev–Trinajstić information content (AvgIpc) is 2.29. The number of benzene rings is 1. The molecule has 0 aromatic heterocycles. The average molecular weight is 284 g/mol. The second-order valence-electron chi connectivity index (χ2n) is 4.46. The predicted octanol–water partition coefficient (Wildman–Crippen LogP) is 3.17. The molecule has 2 rings (SSSR count). The van der Waals surface area contributed by atoms with Crippen molar-refractivity contribution in [1.82, 2.24) is 5.32 Å². The Balaban J connectivity index is 2.33. The molecule has 0 radical (unpaired) electrons. The van der Waals surface area contributed by atoms with E-state index in [1.165, 1.54) is 12.0 Å². The maximum atomic E-state index is 5.46. The van der Waals surface area contributed by atoms with Crippen molar-refractivity contribution in [2.45, 2.75) is 19.3 Å². The molecule has 0 aliphatic carbocycles. The number of halogens is 1. The molecule has 2 unspecified atom stereocenters. The van der Waals surface area contributed by atoms with Gasteiger partial charge in [0.15, 0.2) is 0 Å². The number of nitrogens with one attached hydrogen (secondary N) is 1. The molecule has 1 aliphatic heterocycles. The lowest BCUT2D eigenvalue weighted by atomic mass is 9.82. The molecule has 2 atom stereocenters. The van der Waals surface area contributed by atoms with Gasteiger partial charge in [-0.3, -0.25) is 0 Å². The van der Waals surface area contributed by atoms with Crippen molar-refractivity contribution in [2.24, 2.45) is 5.92 Å². The molecule has 0 spiro atoms. The summed E-state index contributed by atoms with van der Waals surface area (Å²) in [5.74, 6) is 2.28. The second kappa shape index (κ2) is 5.19. The Bertz CT molecular complexity index is 367. The Labute approximate surface area is 106 Å². The molecule has 1 fully saturated rings. The van der Waals surface area contributed by atoms with Crippen molar-refractivity contribution in [2.75, 3.05) is 20.2 Å². The molecule has 1 saturated heterocycles. The van der Waals surface area contributed by atoms with Gasteiger partial charge in [0.25, 0.3) is 0 Å². The van der Waals surface area contributed by atoms with E-state index >= 15 is 0 Å². The molecule has 16 heavy (non-hydrogen) atoms. The van der Waals surface area contributed by atoms with Gasteiger partial charge in [-0.2, -0.15) is 0 Å². The Morgan fingerprint density at radius 1 is 1.44 bits per heavy atom. The largest absolute Gasteiger partial charge is 0.496 e. The van der Waals surface area contributed by atoms with Crippen molar-refractivity contribution in [3.8, 4) is 5.75 Å². The maximum absolute atomic E-state index is 5.46. The Morgan fingerprint density at radius 2 is 2.25 bits per heavy atom. The van der Waals surface area contributed by atoms with Gasteiger partial charge in [0.2, 0.25) is 0 Å². The standard InChI is InChI=1S/C13H18BrNO/c1-9-8-15-6-5-11(9)12-7-10(14)3-4-13(12)16-2/h3-4,7,9,11,15H,5-6,8H2,1-2H3. The van der Waals surface area contributed by atoms with Gasteiger partial charge in [-0.05, 0) is 55.1 Å². The first-order chi connectivity index (χ1) is 7.72. The van der Waals surface area contributed by atoms with Gasteiger partial charge in [-0.1, -0.05) is 22.9 Å². The number of methoxy groups -OCH3 is 1. The fourth-order valence-corrected chi connectivity index (χ4v) is 2.85. The molecule has 1 N–H and O–H groups in total. The Hall–Kier alpha value is -0.540. The zero-order chi connectivity index (χ0) is 11.5. The van der Waals surface area contributed by atoms with E-state index in [0.29, 0.717) is 11.8 Å². The maximum Gasteiger partial charge on any atom is 0.122 e. The first-order valence-corrected chi connectivity index (χ1v) is 6.56. The van der Waals surface area contributed by atoms with Crippen LogP contribution in [0.3, 0.4) is 0 Å². The highest BCUT2D eigenvalue weighted by atomic mass is 79.9. The zero-order valence-corrected chi connectivity index (χ0v) is 11.4. The van der Waals surface area contributed by atoms with E-state index in [2.05, 4.69) is 34.2 Å². The lowest BCUT2D eigenvalue weighted by molar-refractivity contribution is 0.334. The van der Waals surface area contributed by atoms with Crippen molar-refractivity contribution in [3.63, 3.8) is 0 Å². The summed E-state index contributed by atoms with van der Waals surface area (Å²) in [4.78, 5) is 0. The van der Waals surface area contributed by atoms with E-state index in [4.69, 9.17) is 4.74 Å². The molecule has 1 aromatic carbocycles. The molecule has 0 bridgehead atoms. The van der Waals surface area contributed by atoms with Gasteiger partial charge < -0.3 is 10.1 Å². The molecular formula is C13H18BrNO. The SMILES string of the molecule is COc1ccc(Br)cc1C1CCNCC1C. The number of ether oxygens (including phenoxy) is 1. The summed E-state index contributed by atoms with van der Waals surface area (Å²) in [6.07, 6.45) is 1.19. The smallest absolute Gasteiger partial charge is 0.122 e. The minimum absolute atomic E-state index is 0.605. The highest BCUT2D eigenvalue weighted by molar-refractivity contribution is 9.10. The summed E-state index contributed by atoms with van der Waals surface area (Å²) in [5.41, 5.74) is 1.34. The third-order valence-corrected chi connectivity index (χ3v) is 3.87. The summed E-state index contributed by atoms with van der Waals surface area (Å²) in [5, 5.41) is 3.43. The fraction of sp³-hybridized carbons (Fsp3) is 0.538. The van der Waals surface area contributed by atoms with E-state index in [0.717, 1.165) is 23.3 Å². The minimum atomic E-state index is 0.605. The van der Waals surface area contributed by atoms with Crippen LogP contribution in [0.4, 0.5) is 0 Å². The van der Waals surface area contributed by atoms with Gasteiger partial charge in [-0.25, -0.2) is 0 Å². The van der Waals surface area contributed by atoms with Crippen LogP contribution in [0.15, 0.2) is 22.7 Å². The number of rotatable bonds is 2. The van der Waals surface area contributed by atoms with E-state index in [-0.39, 0.29) is 0 Å². The van der Waals surface area contributed by atoms with Crippen LogP contribution in [0.2, 0.25) is 0 Å². The quantitative estimate of drug-likeness (QED) is 0.900. The van der Waals surface area contributed by atoms with Crippen molar-refractivity contribution >= 4 is 15.9 Å². The second-order valence-corrected chi connectivity index (χ2v) is 5.38. The molecule has 1 aliphatic rings. The monoisotopic (exact) mass is 283 g/mol. The molecule has 88 valence electrons. The molecule has 3 heteroatoms. The van der Waals surface area contributed by atoms with Crippen LogP contribution in [0.5, 0.6) is 5.75 Å². The zero-order valence-electron chi connectivity index (χ0n) is 9.79. The fourth-order valence-electron chi connectivity index (χ4n) is 2.47. The lowest BCUT2D eigenvalue weighted by Gasteiger charge is -2.31. The highest BCUT2D eigenvalue weighted by Gasteiger charge is 2.25. The third-order valence-electron chi connectivity index (χ3n) is 3.38. The summed E-state index contributed by atoms with van der Waals surface area (Å²) >= 11 is 3.54. The van der Waals surface area contributed by atoms with Crippen molar-refractivity contribution in [3.05, 3.63) is 28.2 Å². The number of piperidine rings is 1. The topological polar surface area (TPSA) is 21.3 Å². The van der Waals surface area contributed by atoms with Crippen LogP contribution in [0.1, 0.15) is 24.8 Å². The van der Waals surface area contributed by atoms with Gasteiger partial charge >= 0.3 is 0 Å². The summed E-state index contributed by atoms with van der Waals surface area (Å²) in [7, 11) is 1.75. The normalized spacial score (nSPS) is 25.4. The van der Waals surface area contributed by atoms with Crippen LogP contribution in [-0.4, -0.2) is 20.2 Å². The van der Waals surface area contributed by atoms with E-state index in [1.807, 2.05) is 12.1 Å². The van der Waals surface area contributed by atoms with Gasteiger partial charge in [-0.15, -0.1) is 0 Å². The van der Waals surface area contributed by atoms with Gasteiger partial charge in [0.05, 0.1) is 7.11 Å². The van der Waals surface area contributed by atoms with Crippen LogP contribution < -0.4 is 10.1 Å². The van der Waals surface area contributed by atoms with Crippen molar-refractivity contribution in [1.29, 1.82) is 0 Å². The van der Waals surface area contributed by atoms with E-state index in [1.54, 1.807) is 7.11 Å². The van der Waals surface area contributed by atoms with Crippen LogP contribution in [0, 0.1) is 5.92 Å². The molecular weight excluding hydrogens is 266 g/mol. The highest BCUT2D eigenvalue weighted by Crippen LogP contribution is 2.37. The first-order valence-electron chi connectivity index (χ1n) is 5.76. The predicted molar refractivity (Wildman–Crippen MR) is 70.1 cm³/mol. The molecule has 2 nitrogen and oxygen atoms in total. The summed E-state index contributed by atoms with van der Waals surface area (Å²) < 4.78 is 6.59. The van der Waals surface area contributed by atoms with E-state index < -0.39 is 0 Å². The molecule has 0 saturated carbocycles. The molecule has 1 aromatic rings. The van der Waals surface area contributed by atoms with Crippen molar-refractivity contribution < 1.29 is 4.74 Å². The van der Waals surface area contributed by atoms with Crippen LogP contribution in [0.25, 0.3) is 0 Å².